The highest BCUT2D eigenvalue weighted by atomic mass is 35.5. The van der Waals surface area contributed by atoms with Gasteiger partial charge in [0.05, 0.1) is 59.9 Å². The van der Waals surface area contributed by atoms with Gasteiger partial charge in [0.25, 0.3) is 5.95 Å². The molecule has 1 unspecified atom stereocenters. The van der Waals surface area contributed by atoms with E-state index in [2.05, 4.69) is 21.1 Å². The summed E-state index contributed by atoms with van der Waals surface area (Å²) in [6, 6.07) is 37.2. The van der Waals surface area contributed by atoms with Crippen molar-refractivity contribution < 1.29 is 51.5 Å². The summed E-state index contributed by atoms with van der Waals surface area (Å²) in [6.07, 6.45) is -1.25. The van der Waals surface area contributed by atoms with Crippen LogP contribution < -0.4 is 25.0 Å². The number of primary amides is 1. The number of esters is 1. The van der Waals surface area contributed by atoms with Gasteiger partial charge in [0.2, 0.25) is 12.7 Å². The van der Waals surface area contributed by atoms with E-state index >= 15 is 0 Å². The van der Waals surface area contributed by atoms with Gasteiger partial charge in [-0.1, -0.05) is 123 Å². The minimum atomic E-state index is -4.39. The van der Waals surface area contributed by atoms with Gasteiger partial charge in [-0.3, -0.25) is 28.4 Å². The second-order valence-corrected chi connectivity index (χ2v) is 22.0. The van der Waals surface area contributed by atoms with Crippen molar-refractivity contribution in [2.45, 2.75) is 79.2 Å². The van der Waals surface area contributed by atoms with Crippen molar-refractivity contribution in [3.05, 3.63) is 171 Å². The Morgan fingerprint density at radius 3 is 1.98 bits per heavy atom. The molecule has 3 heterocycles. The molecule has 0 aliphatic carbocycles. The number of fused-ring (bicyclic) bond motifs is 1. The smallest absolute Gasteiger partial charge is 0.444 e. The van der Waals surface area contributed by atoms with E-state index in [1.165, 1.54) is 18.3 Å². The quantitative estimate of drug-likeness (QED) is 0.0375. The molecule has 0 radical (unpaired) electrons. The summed E-state index contributed by atoms with van der Waals surface area (Å²) in [4.78, 5) is 69.8. The van der Waals surface area contributed by atoms with E-state index in [0.717, 1.165) is 31.0 Å². The molecule has 24 heteroatoms. The first-order valence-corrected chi connectivity index (χ1v) is 28.2. The molecule has 430 valence electrons. The number of phosphoric ester groups is 1. The predicted molar refractivity (Wildman–Crippen MR) is 308 cm³/mol. The molecule has 5 aromatic carbocycles. The fraction of sp³-hybridized carbons (Fsp3) is 0.305. The molecule has 3 amide bonds. The number of amides is 3. The summed E-state index contributed by atoms with van der Waals surface area (Å²) < 4.78 is 51.0. The van der Waals surface area contributed by atoms with Crippen LogP contribution in [0.2, 0.25) is 5.02 Å². The predicted octanol–water partition coefficient (Wildman–Crippen LogP) is 10.4. The minimum Gasteiger partial charge on any atom is -0.444 e. The van der Waals surface area contributed by atoms with Crippen molar-refractivity contribution in [2.24, 2.45) is 5.73 Å². The lowest BCUT2D eigenvalue weighted by Crippen LogP contribution is -2.53. The fourth-order valence-electron chi connectivity index (χ4n) is 9.48. The topological polar surface area (TPSA) is 270 Å². The Balaban J connectivity index is 1.10. The number of nitrogens with zero attached hydrogens (tertiary/aromatic N) is 10. The highest BCUT2D eigenvalue weighted by molar-refractivity contribution is 7.48. The normalized spacial score (nSPS) is 13.1. The number of rotatable bonds is 22. The van der Waals surface area contributed by atoms with E-state index in [9.17, 15) is 34.3 Å². The molecule has 83 heavy (non-hydrogen) atoms. The monoisotopic (exact) mass is 1170 g/mol. The highest BCUT2D eigenvalue weighted by Crippen LogP contribution is 2.54. The maximum atomic E-state index is 14.9. The molecule has 0 saturated carbocycles. The van der Waals surface area contributed by atoms with E-state index in [1.54, 1.807) is 58.0 Å². The standard InChI is InChI=1S/C59H61ClN11O11P/c1-7-69(57(74)77-35-42-17-11-8-12-18-42)55-54-64-34-46(33-62)71(54)66-56(65-55)70(48-30-45(32-61)29-47(52(48)60)68-25-23-67(24-26-68)41(4)53(63)73)58(75)79-38-78-50(72)31-59(5,6)51-40(3)27-39(2)28-49(51)82-83(76,80-36-43-19-13-9-14-20-43)81-37-44-21-15-10-16-22-44/h8-22,27-30,34,41H,7,23-26,31,35-38H2,1-6H3,(H2,63,73). The number of ether oxygens (including phenoxy) is 3. The van der Waals surface area contributed by atoms with Gasteiger partial charge in [-0.2, -0.15) is 20.0 Å². The number of hydrogen-bond acceptors (Lipinski definition) is 18. The largest absolute Gasteiger partial charge is 0.530 e. The molecule has 7 aromatic rings. The third-order valence-electron chi connectivity index (χ3n) is 13.6. The zero-order valence-corrected chi connectivity index (χ0v) is 48.2. The van der Waals surface area contributed by atoms with Gasteiger partial charge in [-0.05, 0) is 73.7 Å². The van der Waals surface area contributed by atoms with Gasteiger partial charge < -0.3 is 29.4 Å². The zero-order valence-electron chi connectivity index (χ0n) is 46.6. The van der Waals surface area contributed by atoms with E-state index in [4.69, 9.17) is 45.1 Å². The molecule has 1 saturated heterocycles. The number of halogens is 1. The number of carbonyl (C=O) groups excluding carboxylic acids is 4. The van der Waals surface area contributed by atoms with E-state index in [-0.39, 0.29) is 72.0 Å². The number of phosphoric acid groups is 1. The van der Waals surface area contributed by atoms with Crippen molar-refractivity contribution in [3.8, 4) is 17.9 Å². The molecule has 1 aliphatic heterocycles. The lowest BCUT2D eigenvalue weighted by atomic mass is 9.78. The summed E-state index contributed by atoms with van der Waals surface area (Å²) in [6.45, 7) is 10.6. The molecule has 8 rings (SSSR count). The van der Waals surface area contributed by atoms with Crippen LogP contribution in [0.25, 0.3) is 5.65 Å². The second kappa shape index (κ2) is 26.8. The first-order valence-electron chi connectivity index (χ1n) is 26.4. The molecule has 22 nitrogen and oxygen atoms in total. The van der Waals surface area contributed by atoms with Crippen LogP contribution in [0.5, 0.6) is 5.75 Å². The van der Waals surface area contributed by atoms with Crippen molar-refractivity contribution in [1.82, 2.24) is 24.5 Å². The summed E-state index contributed by atoms with van der Waals surface area (Å²) >= 11 is 7.30. The molecule has 0 bridgehead atoms. The van der Waals surface area contributed by atoms with Gasteiger partial charge in [0, 0.05) is 43.7 Å². The number of nitriles is 2. The Morgan fingerprint density at radius 1 is 0.807 bits per heavy atom. The fourth-order valence-corrected chi connectivity index (χ4v) is 11.0. The number of hydrogen-bond donors (Lipinski definition) is 1. The Hall–Kier alpha value is -8.89. The Bertz CT molecular complexity index is 3580. The average Bonchev–Trinajstić information content (AvgIpc) is 3.94. The number of imidazole rings is 1. The Kier molecular flexibility index (Phi) is 19.4. The van der Waals surface area contributed by atoms with E-state index < -0.39 is 56.1 Å². The summed E-state index contributed by atoms with van der Waals surface area (Å²) in [5.74, 6) is -1.88. The lowest BCUT2D eigenvalue weighted by Gasteiger charge is -2.38. The van der Waals surface area contributed by atoms with Crippen molar-refractivity contribution in [2.75, 3.05) is 54.2 Å². The Morgan fingerprint density at radius 2 is 1.41 bits per heavy atom. The third-order valence-corrected chi connectivity index (χ3v) is 15.3. The number of aromatic nitrogens is 4. The number of aryl methyl sites for hydroxylation is 2. The SMILES string of the molecule is CCN(C(=O)OCc1ccccc1)c1nc(N(C(=O)OCOC(=O)CC(C)(C)c2c(C)cc(C)cc2OP(=O)(OCc2ccccc2)OCc2ccccc2)c2cc(C#N)cc(N3CCN(C(C)C(N)=O)CC3)c2Cl)nn2c(C#N)cnc12. The minimum absolute atomic E-state index is 0.0386. The molecule has 0 spiro atoms. The van der Waals surface area contributed by atoms with Crippen LogP contribution >= 0.6 is 19.4 Å². The molecule has 1 aliphatic rings. The van der Waals surface area contributed by atoms with Crippen LogP contribution in [-0.4, -0.2) is 94.1 Å². The number of anilines is 4. The molecular formula is C59H61ClN11O11P. The van der Waals surface area contributed by atoms with Crippen LogP contribution in [0.1, 0.15) is 78.8 Å². The van der Waals surface area contributed by atoms with Crippen LogP contribution in [0.3, 0.4) is 0 Å². The maximum Gasteiger partial charge on any atom is 0.530 e. The lowest BCUT2D eigenvalue weighted by molar-refractivity contribution is -0.153. The zero-order chi connectivity index (χ0) is 59.4. The van der Waals surface area contributed by atoms with Gasteiger partial charge in [-0.25, -0.2) is 24.0 Å². The van der Waals surface area contributed by atoms with Crippen LogP contribution in [0, 0.1) is 36.5 Å². The van der Waals surface area contributed by atoms with E-state index in [1.807, 2.05) is 103 Å². The number of nitrogens with two attached hydrogens (primary N) is 1. The molecule has 2 aromatic heterocycles. The van der Waals surface area contributed by atoms with Gasteiger partial charge >= 0.3 is 26.0 Å². The number of benzene rings is 5. The summed E-state index contributed by atoms with van der Waals surface area (Å²) in [5, 5.41) is 25.2. The number of carbonyl (C=O) groups is 4. The molecular weight excluding hydrogens is 1110 g/mol. The van der Waals surface area contributed by atoms with Crippen molar-refractivity contribution >= 4 is 72.3 Å². The van der Waals surface area contributed by atoms with Gasteiger partial charge in [0.1, 0.15) is 18.4 Å². The van der Waals surface area contributed by atoms with E-state index in [0.29, 0.717) is 48.6 Å². The van der Waals surface area contributed by atoms with Crippen LogP contribution in [0.4, 0.5) is 32.7 Å². The summed E-state index contributed by atoms with van der Waals surface area (Å²) in [5.41, 5.74) is 8.60. The summed E-state index contributed by atoms with van der Waals surface area (Å²) in [7, 11) is -4.39. The molecule has 1 fully saturated rings. The maximum absolute atomic E-state index is 14.9. The second-order valence-electron chi connectivity index (χ2n) is 20.0. The molecule has 1 atom stereocenters. The average molecular weight is 1170 g/mol. The van der Waals surface area contributed by atoms with Crippen LogP contribution in [-0.2, 0) is 62.6 Å². The Labute approximate surface area is 485 Å². The molecule has 2 N–H and O–H groups in total. The van der Waals surface area contributed by atoms with Gasteiger partial charge in [0.15, 0.2) is 17.2 Å². The first kappa shape index (κ1) is 60.2. The van der Waals surface area contributed by atoms with Crippen molar-refractivity contribution in [1.29, 1.82) is 10.5 Å². The van der Waals surface area contributed by atoms with Crippen LogP contribution in [0.15, 0.2) is 121 Å². The third kappa shape index (κ3) is 14.6. The first-order chi connectivity index (χ1) is 39.8. The highest BCUT2D eigenvalue weighted by Gasteiger charge is 2.37. The van der Waals surface area contributed by atoms with Gasteiger partial charge in [-0.15, -0.1) is 5.10 Å². The van der Waals surface area contributed by atoms with Crippen molar-refractivity contribution in [3.63, 3.8) is 0 Å². The number of piperazine rings is 1.